The van der Waals surface area contributed by atoms with Gasteiger partial charge in [0.25, 0.3) is 0 Å². The minimum Gasteiger partial charge on any atom is -0.203 e. The predicted molar refractivity (Wildman–Crippen MR) is 48.1 cm³/mol. The van der Waals surface area contributed by atoms with Crippen LogP contribution in [0.1, 0.15) is 18.4 Å². The Labute approximate surface area is 83.1 Å². The molecule has 4 heteroatoms. The highest BCUT2D eigenvalue weighted by molar-refractivity contribution is 9.10. The van der Waals surface area contributed by atoms with Crippen LogP contribution in [0.2, 0.25) is 0 Å². The highest BCUT2D eigenvalue weighted by Crippen LogP contribution is 2.25. The number of hydrogen-bond donors (Lipinski definition) is 0. The summed E-state index contributed by atoms with van der Waals surface area (Å²) in [7, 11) is 0. The van der Waals surface area contributed by atoms with Crippen LogP contribution in [0.3, 0.4) is 0 Å². The minimum absolute atomic E-state index is 0.0684. The summed E-state index contributed by atoms with van der Waals surface area (Å²) < 4.78 is 26.2. The Morgan fingerprint density at radius 1 is 1.38 bits per heavy atom. The molecule has 1 aromatic carbocycles. The molecule has 0 N–H and O–H groups in total. The SMILES string of the molecule is CC(C#N)c1ccc(Br)c(F)c1F. The maximum Gasteiger partial charge on any atom is 0.173 e. The van der Waals surface area contributed by atoms with Gasteiger partial charge < -0.3 is 0 Å². The Kier molecular flexibility index (Phi) is 2.99. The molecular weight excluding hydrogens is 240 g/mol. The maximum atomic E-state index is 13.1. The summed E-state index contributed by atoms with van der Waals surface area (Å²) in [6.45, 7) is 1.52. The zero-order valence-electron chi connectivity index (χ0n) is 6.81. The monoisotopic (exact) mass is 245 g/mol. The first-order chi connectivity index (χ1) is 6.07. The van der Waals surface area contributed by atoms with Crippen LogP contribution in [0.4, 0.5) is 8.78 Å². The van der Waals surface area contributed by atoms with Gasteiger partial charge in [0.1, 0.15) is 0 Å². The van der Waals surface area contributed by atoms with Gasteiger partial charge >= 0.3 is 0 Å². The van der Waals surface area contributed by atoms with E-state index in [2.05, 4.69) is 15.9 Å². The highest BCUT2D eigenvalue weighted by Gasteiger charge is 2.15. The van der Waals surface area contributed by atoms with Gasteiger partial charge in [-0.25, -0.2) is 8.78 Å². The average molecular weight is 246 g/mol. The van der Waals surface area contributed by atoms with E-state index in [0.29, 0.717) is 0 Å². The van der Waals surface area contributed by atoms with Crippen LogP contribution in [0.5, 0.6) is 0 Å². The van der Waals surface area contributed by atoms with E-state index in [1.807, 2.05) is 6.07 Å². The fourth-order valence-electron chi connectivity index (χ4n) is 0.945. The van der Waals surface area contributed by atoms with Crippen molar-refractivity contribution in [2.45, 2.75) is 12.8 Å². The number of rotatable bonds is 1. The van der Waals surface area contributed by atoms with E-state index in [4.69, 9.17) is 5.26 Å². The summed E-state index contributed by atoms with van der Waals surface area (Å²) in [5, 5.41) is 8.52. The summed E-state index contributed by atoms with van der Waals surface area (Å²) in [4.78, 5) is 0. The Morgan fingerprint density at radius 3 is 2.54 bits per heavy atom. The largest absolute Gasteiger partial charge is 0.203 e. The van der Waals surface area contributed by atoms with Crippen LogP contribution in [-0.4, -0.2) is 0 Å². The van der Waals surface area contributed by atoms with Gasteiger partial charge in [-0.05, 0) is 28.9 Å². The zero-order chi connectivity index (χ0) is 10.0. The van der Waals surface area contributed by atoms with Crippen LogP contribution in [0, 0.1) is 23.0 Å². The molecule has 0 aliphatic carbocycles. The number of benzene rings is 1. The van der Waals surface area contributed by atoms with Gasteiger partial charge in [-0.15, -0.1) is 0 Å². The van der Waals surface area contributed by atoms with Gasteiger partial charge in [0, 0.05) is 5.56 Å². The fourth-order valence-corrected chi connectivity index (χ4v) is 1.25. The lowest BCUT2D eigenvalue weighted by molar-refractivity contribution is 0.493. The van der Waals surface area contributed by atoms with Crippen molar-refractivity contribution in [1.82, 2.24) is 0 Å². The van der Waals surface area contributed by atoms with Gasteiger partial charge in [-0.2, -0.15) is 5.26 Å². The van der Waals surface area contributed by atoms with Crippen molar-refractivity contribution in [3.8, 4) is 6.07 Å². The van der Waals surface area contributed by atoms with Gasteiger partial charge in [0.2, 0.25) is 0 Å². The second kappa shape index (κ2) is 3.84. The molecule has 0 aliphatic rings. The number of halogens is 3. The molecule has 1 atom stereocenters. The van der Waals surface area contributed by atoms with Gasteiger partial charge in [-0.3, -0.25) is 0 Å². The Morgan fingerprint density at radius 2 is 2.00 bits per heavy atom. The first-order valence-corrected chi connectivity index (χ1v) is 4.40. The van der Waals surface area contributed by atoms with E-state index in [-0.39, 0.29) is 10.0 Å². The highest BCUT2D eigenvalue weighted by atomic mass is 79.9. The number of nitrogens with zero attached hydrogens (tertiary/aromatic N) is 1. The fraction of sp³-hybridized carbons (Fsp3) is 0.222. The van der Waals surface area contributed by atoms with Crippen molar-refractivity contribution in [2.75, 3.05) is 0 Å². The van der Waals surface area contributed by atoms with Crippen molar-refractivity contribution >= 4 is 15.9 Å². The number of nitriles is 1. The Balaban J connectivity index is 3.28. The molecule has 0 fully saturated rings. The van der Waals surface area contributed by atoms with E-state index in [1.54, 1.807) is 0 Å². The average Bonchev–Trinajstić information content (AvgIpc) is 2.13. The molecule has 0 radical (unpaired) electrons. The molecule has 0 aliphatic heterocycles. The van der Waals surface area contributed by atoms with Gasteiger partial charge in [0.05, 0.1) is 16.5 Å². The Hall–Kier alpha value is -0.950. The lowest BCUT2D eigenvalue weighted by atomic mass is 10.0. The van der Waals surface area contributed by atoms with Crippen molar-refractivity contribution in [3.63, 3.8) is 0 Å². The molecule has 0 heterocycles. The van der Waals surface area contributed by atoms with Crippen LogP contribution in [0.25, 0.3) is 0 Å². The van der Waals surface area contributed by atoms with Crippen LogP contribution in [0.15, 0.2) is 16.6 Å². The topological polar surface area (TPSA) is 23.8 Å². The maximum absolute atomic E-state index is 13.1. The van der Waals surface area contributed by atoms with Crippen molar-refractivity contribution in [3.05, 3.63) is 33.8 Å². The summed E-state index contributed by atoms with van der Waals surface area (Å²) in [6.07, 6.45) is 0. The smallest absolute Gasteiger partial charge is 0.173 e. The molecule has 1 nitrogen and oxygen atoms in total. The molecule has 0 saturated heterocycles. The summed E-state index contributed by atoms with van der Waals surface area (Å²) in [5.74, 6) is -2.54. The molecule has 68 valence electrons. The minimum atomic E-state index is -0.955. The van der Waals surface area contributed by atoms with Crippen LogP contribution >= 0.6 is 15.9 Å². The van der Waals surface area contributed by atoms with Crippen LogP contribution in [-0.2, 0) is 0 Å². The first-order valence-electron chi connectivity index (χ1n) is 3.61. The molecule has 0 amide bonds. The lowest BCUT2D eigenvalue weighted by Gasteiger charge is -2.05. The first kappa shape index (κ1) is 10.1. The second-order valence-corrected chi connectivity index (χ2v) is 3.47. The molecule has 1 aromatic rings. The second-order valence-electron chi connectivity index (χ2n) is 2.62. The van der Waals surface area contributed by atoms with Crippen molar-refractivity contribution < 1.29 is 8.78 Å². The van der Waals surface area contributed by atoms with Crippen molar-refractivity contribution in [1.29, 1.82) is 5.26 Å². The van der Waals surface area contributed by atoms with E-state index < -0.39 is 17.6 Å². The number of hydrogen-bond acceptors (Lipinski definition) is 1. The molecule has 1 rings (SSSR count). The molecular formula is C9H6BrF2N. The molecule has 0 saturated carbocycles. The predicted octanol–water partition coefficient (Wildman–Crippen LogP) is 3.35. The van der Waals surface area contributed by atoms with Gasteiger partial charge in [0.15, 0.2) is 11.6 Å². The standard InChI is InChI=1S/C9H6BrF2N/c1-5(4-13)6-2-3-7(10)9(12)8(6)11/h2-3,5H,1H3. The summed E-state index contributed by atoms with van der Waals surface area (Å²) in [5.41, 5.74) is 0.0863. The third-order valence-corrected chi connectivity index (χ3v) is 2.34. The normalized spacial score (nSPS) is 12.2. The third-order valence-electron chi connectivity index (χ3n) is 1.73. The molecule has 13 heavy (non-hydrogen) atoms. The molecule has 0 aromatic heterocycles. The van der Waals surface area contributed by atoms with E-state index in [9.17, 15) is 8.78 Å². The van der Waals surface area contributed by atoms with Crippen molar-refractivity contribution in [2.24, 2.45) is 0 Å². The van der Waals surface area contributed by atoms with Gasteiger partial charge in [-0.1, -0.05) is 6.07 Å². The lowest BCUT2D eigenvalue weighted by Crippen LogP contribution is -1.98. The van der Waals surface area contributed by atoms with Crippen LogP contribution < -0.4 is 0 Å². The quantitative estimate of drug-likeness (QED) is 0.697. The van der Waals surface area contributed by atoms with E-state index in [1.165, 1.54) is 19.1 Å². The van der Waals surface area contributed by atoms with E-state index >= 15 is 0 Å². The Bertz CT molecular complexity index is 371. The summed E-state index contributed by atoms with van der Waals surface area (Å²) in [6, 6.07) is 4.64. The molecule has 0 bridgehead atoms. The molecule has 0 spiro atoms. The summed E-state index contributed by atoms with van der Waals surface area (Å²) >= 11 is 2.85. The third kappa shape index (κ3) is 1.86. The van der Waals surface area contributed by atoms with E-state index in [0.717, 1.165) is 0 Å². The molecule has 1 unspecified atom stereocenters. The zero-order valence-corrected chi connectivity index (χ0v) is 8.40.